The van der Waals surface area contributed by atoms with Crippen LogP contribution in [0.25, 0.3) is 0 Å². The van der Waals surface area contributed by atoms with Gasteiger partial charge in [-0.1, -0.05) is 13.8 Å². The lowest BCUT2D eigenvalue weighted by atomic mass is 9.57. The van der Waals surface area contributed by atoms with Crippen molar-refractivity contribution in [1.82, 2.24) is 10.6 Å². The van der Waals surface area contributed by atoms with Gasteiger partial charge in [-0.2, -0.15) is 0 Å². The quantitative estimate of drug-likeness (QED) is 0.398. The van der Waals surface area contributed by atoms with Gasteiger partial charge in [-0.15, -0.1) is 0 Å². The summed E-state index contributed by atoms with van der Waals surface area (Å²) in [6, 6.07) is 0.434. The second-order valence-corrected chi connectivity index (χ2v) is 6.65. The molecule has 2 aliphatic rings. The zero-order valence-electron chi connectivity index (χ0n) is 14.4. The molecule has 128 valence electrons. The van der Waals surface area contributed by atoms with E-state index in [1.54, 1.807) is 7.11 Å². The predicted octanol–water partition coefficient (Wildman–Crippen LogP) is 1.02. The largest absolute Gasteiger partial charge is 0.382 e. The average Bonchev–Trinajstić information content (AvgIpc) is 2.96. The molecule has 2 N–H and O–H groups in total. The lowest BCUT2D eigenvalue weighted by molar-refractivity contribution is -0.106. The fourth-order valence-electron chi connectivity index (χ4n) is 3.58. The number of hydrogen-bond acceptors (Lipinski definition) is 4. The molecule has 0 radical (unpaired) electrons. The van der Waals surface area contributed by atoms with Gasteiger partial charge in [-0.05, 0) is 12.8 Å². The SMILES string of the molecule is CN=C(NCCCOCCOC)NC1C2CCOC2C1(C)C. The van der Waals surface area contributed by atoms with Crippen LogP contribution in [0.15, 0.2) is 4.99 Å². The Kier molecular flexibility index (Phi) is 6.47. The topological polar surface area (TPSA) is 64.1 Å². The molecule has 0 aromatic rings. The van der Waals surface area contributed by atoms with E-state index >= 15 is 0 Å². The minimum Gasteiger partial charge on any atom is -0.382 e. The molecule has 1 heterocycles. The Labute approximate surface area is 134 Å². The molecule has 0 aromatic carbocycles. The van der Waals surface area contributed by atoms with Crippen LogP contribution in [-0.2, 0) is 14.2 Å². The Morgan fingerprint density at radius 2 is 2.14 bits per heavy atom. The van der Waals surface area contributed by atoms with Crippen LogP contribution in [0.5, 0.6) is 0 Å². The van der Waals surface area contributed by atoms with Gasteiger partial charge in [0.25, 0.3) is 0 Å². The summed E-state index contributed by atoms with van der Waals surface area (Å²) in [5.41, 5.74) is 0.169. The van der Waals surface area contributed by atoms with Crippen molar-refractivity contribution in [2.24, 2.45) is 16.3 Å². The number of guanidine groups is 1. The molecule has 6 nitrogen and oxygen atoms in total. The average molecular weight is 313 g/mol. The second kappa shape index (κ2) is 8.13. The smallest absolute Gasteiger partial charge is 0.191 e. The number of aliphatic imine (C=N–C) groups is 1. The van der Waals surface area contributed by atoms with E-state index in [0.29, 0.717) is 31.3 Å². The first-order chi connectivity index (χ1) is 10.6. The minimum absolute atomic E-state index is 0.169. The van der Waals surface area contributed by atoms with Gasteiger partial charge in [-0.25, -0.2) is 0 Å². The molecule has 0 spiro atoms. The van der Waals surface area contributed by atoms with E-state index in [0.717, 1.165) is 38.6 Å². The molecular weight excluding hydrogens is 282 g/mol. The highest BCUT2D eigenvalue weighted by Crippen LogP contribution is 2.51. The maximum atomic E-state index is 5.83. The molecule has 1 saturated heterocycles. The molecule has 1 aliphatic heterocycles. The minimum atomic E-state index is 0.169. The van der Waals surface area contributed by atoms with Crippen molar-refractivity contribution in [2.75, 3.05) is 47.1 Å². The highest BCUT2D eigenvalue weighted by Gasteiger charge is 2.59. The first-order valence-electron chi connectivity index (χ1n) is 8.26. The third-order valence-corrected chi connectivity index (χ3v) is 4.81. The molecule has 1 aliphatic carbocycles. The van der Waals surface area contributed by atoms with Crippen LogP contribution in [0.3, 0.4) is 0 Å². The number of rotatable bonds is 8. The number of nitrogens with one attached hydrogen (secondary N) is 2. The third-order valence-electron chi connectivity index (χ3n) is 4.81. The second-order valence-electron chi connectivity index (χ2n) is 6.65. The van der Waals surface area contributed by atoms with E-state index in [1.807, 2.05) is 7.05 Å². The van der Waals surface area contributed by atoms with Crippen LogP contribution in [0.2, 0.25) is 0 Å². The summed E-state index contributed by atoms with van der Waals surface area (Å²) in [6.45, 7) is 8.33. The van der Waals surface area contributed by atoms with E-state index in [9.17, 15) is 0 Å². The molecule has 22 heavy (non-hydrogen) atoms. The Balaban J connectivity index is 1.65. The Bertz CT molecular complexity index is 374. The van der Waals surface area contributed by atoms with E-state index in [-0.39, 0.29) is 5.41 Å². The van der Waals surface area contributed by atoms with Gasteiger partial charge in [-0.3, -0.25) is 4.99 Å². The normalized spacial score (nSPS) is 29.8. The van der Waals surface area contributed by atoms with E-state index in [1.165, 1.54) is 0 Å². The van der Waals surface area contributed by atoms with Crippen molar-refractivity contribution in [3.05, 3.63) is 0 Å². The number of hydrogen-bond donors (Lipinski definition) is 2. The first-order valence-corrected chi connectivity index (χ1v) is 8.26. The van der Waals surface area contributed by atoms with Crippen molar-refractivity contribution >= 4 is 5.96 Å². The van der Waals surface area contributed by atoms with E-state index < -0.39 is 0 Å². The summed E-state index contributed by atoms with van der Waals surface area (Å²) in [6.07, 6.45) is 2.50. The Morgan fingerprint density at radius 3 is 2.86 bits per heavy atom. The Hall–Kier alpha value is -0.850. The molecular formula is C16H31N3O3. The summed E-state index contributed by atoms with van der Waals surface area (Å²) in [4.78, 5) is 4.33. The van der Waals surface area contributed by atoms with Gasteiger partial charge in [0.05, 0.1) is 19.3 Å². The van der Waals surface area contributed by atoms with Crippen LogP contribution in [0.4, 0.5) is 0 Å². The van der Waals surface area contributed by atoms with Gasteiger partial charge >= 0.3 is 0 Å². The summed E-state index contributed by atoms with van der Waals surface area (Å²) in [7, 11) is 3.50. The van der Waals surface area contributed by atoms with Crippen molar-refractivity contribution in [3.63, 3.8) is 0 Å². The first kappa shape index (κ1) is 17.5. The summed E-state index contributed by atoms with van der Waals surface area (Å²) in [5, 5.41) is 6.94. The molecule has 1 saturated carbocycles. The molecule has 2 fully saturated rings. The van der Waals surface area contributed by atoms with Crippen LogP contribution < -0.4 is 10.6 Å². The molecule has 3 atom stereocenters. The molecule has 3 unspecified atom stereocenters. The van der Waals surface area contributed by atoms with Crippen molar-refractivity contribution < 1.29 is 14.2 Å². The van der Waals surface area contributed by atoms with Gasteiger partial charge in [0, 0.05) is 51.3 Å². The highest BCUT2D eigenvalue weighted by molar-refractivity contribution is 5.80. The van der Waals surface area contributed by atoms with Crippen LogP contribution in [0, 0.1) is 11.3 Å². The standard InChI is InChI=1S/C16H31N3O3/c1-16(2)13(12-6-9-22-14(12)16)19-15(17-3)18-7-5-8-21-11-10-20-4/h12-14H,5-11H2,1-4H3,(H2,17,18,19). The fraction of sp³-hybridized carbons (Fsp3) is 0.938. The lowest BCUT2D eigenvalue weighted by Gasteiger charge is -2.54. The predicted molar refractivity (Wildman–Crippen MR) is 87.2 cm³/mol. The molecule has 2 rings (SSSR count). The van der Waals surface area contributed by atoms with Gasteiger partial charge < -0.3 is 24.8 Å². The fourth-order valence-corrected chi connectivity index (χ4v) is 3.58. The van der Waals surface area contributed by atoms with Crippen LogP contribution in [0.1, 0.15) is 26.7 Å². The monoisotopic (exact) mass is 313 g/mol. The van der Waals surface area contributed by atoms with Gasteiger partial charge in [0.15, 0.2) is 5.96 Å². The summed E-state index contributed by atoms with van der Waals surface area (Å²) < 4.78 is 16.2. The van der Waals surface area contributed by atoms with Crippen LogP contribution >= 0.6 is 0 Å². The number of ether oxygens (including phenoxy) is 3. The van der Waals surface area contributed by atoms with Gasteiger partial charge in [0.2, 0.25) is 0 Å². The highest BCUT2D eigenvalue weighted by atomic mass is 16.5. The zero-order valence-corrected chi connectivity index (χ0v) is 14.4. The maximum absolute atomic E-state index is 5.83. The zero-order chi connectivity index (χ0) is 16.0. The third kappa shape index (κ3) is 3.91. The van der Waals surface area contributed by atoms with E-state index in [4.69, 9.17) is 14.2 Å². The van der Waals surface area contributed by atoms with Crippen molar-refractivity contribution in [1.29, 1.82) is 0 Å². The maximum Gasteiger partial charge on any atom is 0.191 e. The number of nitrogens with zero attached hydrogens (tertiary/aromatic N) is 1. The van der Waals surface area contributed by atoms with Crippen molar-refractivity contribution in [3.8, 4) is 0 Å². The molecule has 0 bridgehead atoms. The van der Waals surface area contributed by atoms with Crippen molar-refractivity contribution in [2.45, 2.75) is 38.8 Å². The summed E-state index contributed by atoms with van der Waals surface area (Å²) >= 11 is 0. The van der Waals surface area contributed by atoms with Gasteiger partial charge in [0.1, 0.15) is 0 Å². The van der Waals surface area contributed by atoms with E-state index in [2.05, 4.69) is 29.5 Å². The Morgan fingerprint density at radius 1 is 1.32 bits per heavy atom. The lowest BCUT2D eigenvalue weighted by Crippen LogP contribution is -2.68. The molecule has 0 amide bonds. The summed E-state index contributed by atoms with van der Waals surface area (Å²) in [5.74, 6) is 1.49. The molecule has 6 heteroatoms. The number of fused-ring (bicyclic) bond motifs is 1. The molecule has 0 aromatic heterocycles. The number of methoxy groups -OCH3 is 1. The van der Waals surface area contributed by atoms with Crippen LogP contribution in [-0.4, -0.2) is 65.2 Å².